The van der Waals surface area contributed by atoms with Crippen LogP contribution in [0.4, 0.5) is 13.2 Å². The lowest BCUT2D eigenvalue weighted by Crippen LogP contribution is -2.41. The smallest absolute Gasteiger partial charge is 0.345 e. The maximum absolute atomic E-state index is 12.6. The van der Waals surface area contributed by atoms with E-state index in [9.17, 15) is 18.0 Å². The Morgan fingerprint density at radius 3 is 2.43 bits per heavy atom. The number of carbonyl (C=O) groups is 1. The van der Waals surface area contributed by atoms with Gasteiger partial charge in [0, 0.05) is 11.8 Å². The third kappa shape index (κ3) is 4.79. The van der Waals surface area contributed by atoms with Crippen molar-refractivity contribution < 1.29 is 18.0 Å². The Bertz CT molecular complexity index is 665. The van der Waals surface area contributed by atoms with Crippen molar-refractivity contribution in [3.05, 3.63) is 52.0 Å². The Hall–Kier alpha value is -1.89. The minimum atomic E-state index is -4.47. The lowest BCUT2D eigenvalue weighted by Gasteiger charge is -2.24. The molecule has 1 aromatic carbocycles. The number of nitrogens with one attached hydrogen (secondary N) is 1. The van der Waals surface area contributed by atoms with E-state index in [0.29, 0.717) is 6.42 Å². The molecule has 0 unspecified atom stereocenters. The molecule has 2 rings (SSSR count). The van der Waals surface area contributed by atoms with Crippen molar-refractivity contribution in [2.45, 2.75) is 38.4 Å². The van der Waals surface area contributed by atoms with Crippen molar-refractivity contribution >= 4 is 17.2 Å². The van der Waals surface area contributed by atoms with E-state index < -0.39 is 17.4 Å². The first-order chi connectivity index (χ1) is 10.7. The molecule has 0 fully saturated rings. The first kappa shape index (κ1) is 17.5. The van der Waals surface area contributed by atoms with Crippen LogP contribution in [0.15, 0.2) is 35.7 Å². The molecule has 0 atom stereocenters. The first-order valence-electron chi connectivity index (χ1n) is 7.06. The third-order valence-corrected chi connectivity index (χ3v) is 4.43. The van der Waals surface area contributed by atoms with E-state index in [0.717, 1.165) is 22.3 Å². The summed E-state index contributed by atoms with van der Waals surface area (Å²) >= 11 is 0.894. The van der Waals surface area contributed by atoms with Crippen molar-refractivity contribution in [1.82, 2.24) is 10.3 Å². The monoisotopic (exact) mass is 342 g/mol. The normalized spacial score (nSPS) is 12.2. The molecule has 0 aliphatic carbocycles. The van der Waals surface area contributed by atoms with Crippen LogP contribution < -0.4 is 5.32 Å². The molecule has 0 radical (unpaired) electrons. The Morgan fingerprint density at radius 2 is 1.87 bits per heavy atom. The molecule has 0 aliphatic rings. The van der Waals surface area contributed by atoms with Crippen LogP contribution >= 0.6 is 11.3 Å². The molecule has 0 bridgehead atoms. The summed E-state index contributed by atoms with van der Waals surface area (Å²) in [6.07, 6.45) is -3.62. The van der Waals surface area contributed by atoms with Gasteiger partial charge in [0.15, 0.2) is 5.69 Å². The molecule has 0 aliphatic heterocycles. The van der Waals surface area contributed by atoms with Crippen LogP contribution in [0.1, 0.15) is 36.5 Å². The second kappa shape index (κ2) is 6.70. The summed E-state index contributed by atoms with van der Waals surface area (Å²) in [6.45, 7) is 3.29. The minimum absolute atomic E-state index is 0.220. The average molecular weight is 342 g/mol. The van der Waals surface area contributed by atoms with Crippen molar-refractivity contribution in [2.75, 3.05) is 0 Å². The van der Waals surface area contributed by atoms with E-state index in [-0.39, 0.29) is 17.3 Å². The number of hydrogen-bond acceptors (Lipinski definition) is 3. The molecule has 0 spiro atoms. The van der Waals surface area contributed by atoms with Gasteiger partial charge in [-0.05, 0) is 25.8 Å². The summed E-state index contributed by atoms with van der Waals surface area (Å²) in [5.41, 5.74) is -0.833. The maximum atomic E-state index is 12.6. The van der Waals surface area contributed by atoms with Crippen LogP contribution in [0.2, 0.25) is 0 Å². The van der Waals surface area contributed by atoms with Crippen LogP contribution in [0.5, 0.6) is 0 Å². The van der Waals surface area contributed by atoms with Gasteiger partial charge in [-0.15, -0.1) is 11.3 Å². The van der Waals surface area contributed by atoms with Gasteiger partial charge >= 0.3 is 6.18 Å². The van der Waals surface area contributed by atoms with Gasteiger partial charge in [-0.25, -0.2) is 4.98 Å². The number of halogens is 3. The molecule has 7 heteroatoms. The summed E-state index contributed by atoms with van der Waals surface area (Å²) in [5.74, 6) is -0.220. The Labute approximate surface area is 136 Å². The highest BCUT2D eigenvalue weighted by atomic mass is 32.1. The molecule has 124 valence electrons. The van der Waals surface area contributed by atoms with E-state index in [1.807, 2.05) is 30.3 Å². The number of hydrogen-bond donors (Lipinski definition) is 1. The molecule has 1 aromatic heterocycles. The molecule has 1 heterocycles. The molecule has 1 N–H and O–H groups in total. The number of rotatable bonds is 5. The summed E-state index contributed by atoms with van der Waals surface area (Å²) < 4.78 is 37.9. The molecule has 2 aromatic rings. The summed E-state index contributed by atoms with van der Waals surface area (Å²) in [7, 11) is 0. The fourth-order valence-electron chi connectivity index (χ4n) is 2.06. The van der Waals surface area contributed by atoms with E-state index in [1.54, 1.807) is 13.8 Å². The second-order valence-electron chi connectivity index (χ2n) is 5.69. The highest BCUT2D eigenvalue weighted by molar-refractivity contribution is 7.09. The lowest BCUT2D eigenvalue weighted by molar-refractivity contribution is -0.140. The zero-order valence-corrected chi connectivity index (χ0v) is 13.6. The predicted octanol–water partition coefficient (Wildman–Crippen LogP) is 4.15. The van der Waals surface area contributed by atoms with Gasteiger partial charge in [-0.3, -0.25) is 4.79 Å². The molecule has 0 saturated heterocycles. The number of thiazole rings is 1. The van der Waals surface area contributed by atoms with Crippen LogP contribution in [0, 0.1) is 0 Å². The number of benzene rings is 1. The van der Waals surface area contributed by atoms with Crippen LogP contribution in [-0.4, -0.2) is 10.9 Å². The molecular weight excluding hydrogens is 325 g/mol. The molecule has 3 nitrogen and oxygen atoms in total. The largest absolute Gasteiger partial charge is 0.434 e. The van der Waals surface area contributed by atoms with E-state index in [4.69, 9.17) is 0 Å². The molecule has 23 heavy (non-hydrogen) atoms. The van der Waals surface area contributed by atoms with Crippen molar-refractivity contribution in [3.8, 4) is 0 Å². The van der Waals surface area contributed by atoms with E-state index in [2.05, 4.69) is 10.3 Å². The standard InChI is InChI=1S/C16H17F3N2OS/c1-15(2,14-20-12(10-23-14)16(17,18)19)21-13(22)9-8-11-6-4-3-5-7-11/h3-7,10H,8-9H2,1-2H3,(H,21,22). The van der Waals surface area contributed by atoms with Gasteiger partial charge in [-0.1, -0.05) is 30.3 Å². The molecule has 1 amide bonds. The number of alkyl halides is 3. The van der Waals surface area contributed by atoms with Gasteiger partial charge in [0.25, 0.3) is 0 Å². The van der Waals surface area contributed by atoms with Gasteiger partial charge < -0.3 is 5.32 Å². The third-order valence-electron chi connectivity index (χ3n) is 3.26. The van der Waals surface area contributed by atoms with E-state index in [1.165, 1.54) is 0 Å². The Morgan fingerprint density at radius 1 is 1.22 bits per heavy atom. The van der Waals surface area contributed by atoms with E-state index >= 15 is 0 Å². The number of nitrogens with zero attached hydrogens (tertiary/aromatic N) is 1. The second-order valence-corrected chi connectivity index (χ2v) is 6.55. The van der Waals surface area contributed by atoms with Crippen molar-refractivity contribution in [2.24, 2.45) is 0 Å². The topological polar surface area (TPSA) is 42.0 Å². The van der Waals surface area contributed by atoms with Gasteiger partial charge in [0.2, 0.25) is 5.91 Å². The van der Waals surface area contributed by atoms with Crippen LogP contribution in [0.25, 0.3) is 0 Å². The predicted molar refractivity (Wildman–Crippen MR) is 83.0 cm³/mol. The van der Waals surface area contributed by atoms with Crippen molar-refractivity contribution in [1.29, 1.82) is 0 Å². The SMILES string of the molecule is CC(C)(NC(=O)CCc1ccccc1)c1nc(C(F)(F)F)cs1. The van der Waals surface area contributed by atoms with Crippen LogP contribution in [-0.2, 0) is 22.9 Å². The Kier molecular flexibility index (Phi) is 5.09. The first-order valence-corrected chi connectivity index (χ1v) is 7.94. The average Bonchev–Trinajstić information content (AvgIpc) is 2.96. The Balaban J connectivity index is 1.97. The van der Waals surface area contributed by atoms with Crippen molar-refractivity contribution in [3.63, 3.8) is 0 Å². The summed E-state index contributed by atoms with van der Waals surface area (Å²) in [4.78, 5) is 15.7. The van der Waals surface area contributed by atoms with Gasteiger partial charge in [0.1, 0.15) is 5.01 Å². The fourth-order valence-corrected chi connectivity index (χ4v) is 2.96. The highest BCUT2D eigenvalue weighted by Crippen LogP contribution is 2.33. The number of amides is 1. The minimum Gasteiger partial charge on any atom is -0.345 e. The zero-order valence-electron chi connectivity index (χ0n) is 12.8. The quantitative estimate of drug-likeness (QED) is 0.887. The van der Waals surface area contributed by atoms with Gasteiger partial charge in [-0.2, -0.15) is 13.2 Å². The maximum Gasteiger partial charge on any atom is 0.434 e. The number of aryl methyl sites for hydroxylation is 1. The van der Waals surface area contributed by atoms with Gasteiger partial charge in [0.05, 0.1) is 5.54 Å². The van der Waals surface area contributed by atoms with Crippen LogP contribution in [0.3, 0.4) is 0 Å². The molecular formula is C16H17F3N2OS. The fraction of sp³-hybridized carbons (Fsp3) is 0.375. The summed E-state index contributed by atoms with van der Waals surface area (Å²) in [6, 6.07) is 9.54. The number of aromatic nitrogens is 1. The zero-order chi connectivity index (χ0) is 17.1. The molecule has 0 saturated carbocycles. The highest BCUT2D eigenvalue weighted by Gasteiger charge is 2.36. The number of carbonyl (C=O) groups excluding carboxylic acids is 1. The lowest BCUT2D eigenvalue weighted by atomic mass is 10.1. The summed E-state index contributed by atoms with van der Waals surface area (Å²) in [5, 5.41) is 3.95.